The molecule has 4 heteroatoms. The van der Waals surface area contributed by atoms with Crippen LogP contribution in [0, 0.1) is 0 Å². The van der Waals surface area contributed by atoms with Crippen LogP contribution in [-0.2, 0) is 4.74 Å². The molecule has 0 N–H and O–H groups in total. The fraction of sp³-hybridized carbons (Fsp3) is 0.429. The van der Waals surface area contributed by atoms with Gasteiger partial charge in [0.15, 0.2) is 5.78 Å². The first-order valence-corrected chi connectivity index (χ1v) is 6.11. The van der Waals surface area contributed by atoms with Crippen LogP contribution in [0.3, 0.4) is 0 Å². The van der Waals surface area contributed by atoms with Gasteiger partial charge in [-0.05, 0) is 32.0 Å². The van der Waals surface area contributed by atoms with E-state index in [-0.39, 0.29) is 5.78 Å². The monoisotopic (exact) mass is 250 g/mol. The zero-order chi connectivity index (χ0) is 13.5. The highest BCUT2D eigenvalue weighted by Gasteiger charge is 2.15. The van der Waals surface area contributed by atoms with Gasteiger partial charge in [0.2, 0.25) is 0 Å². The molecule has 1 aromatic rings. The molecule has 0 saturated carbocycles. The van der Waals surface area contributed by atoms with Crippen LogP contribution in [0.5, 0.6) is 5.75 Å². The fourth-order valence-electron chi connectivity index (χ4n) is 1.56. The van der Waals surface area contributed by atoms with Crippen molar-refractivity contribution in [1.82, 2.24) is 0 Å². The summed E-state index contributed by atoms with van der Waals surface area (Å²) in [5.74, 6) is 0.0257. The zero-order valence-electron chi connectivity index (χ0n) is 11.0. The molecule has 0 aromatic heterocycles. The van der Waals surface area contributed by atoms with Crippen LogP contribution in [0.2, 0.25) is 0 Å². The second-order valence-electron chi connectivity index (χ2n) is 3.64. The molecule has 1 rings (SSSR count). The summed E-state index contributed by atoms with van der Waals surface area (Å²) in [6, 6.07) is 4.76. The topological polar surface area (TPSA) is 52.6 Å². The number of Topliss-reactive ketones (excluding diaryl/α,β-unsaturated/α-hetero) is 1. The number of hydrogen-bond donors (Lipinski definition) is 0. The third-order valence-electron chi connectivity index (χ3n) is 2.41. The summed E-state index contributed by atoms with van der Waals surface area (Å²) in [5, 5.41) is 0. The van der Waals surface area contributed by atoms with Gasteiger partial charge in [-0.25, -0.2) is 4.79 Å². The Hall–Kier alpha value is -1.84. The highest BCUT2D eigenvalue weighted by atomic mass is 16.5. The molecule has 0 amide bonds. The van der Waals surface area contributed by atoms with Gasteiger partial charge in [0.1, 0.15) is 5.75 Å². The van der Waals surface area contributed by atoms with Crippen molar-refractivity contribution in [2.24, 2.45) is 0 Å². The lowest BCUT2D eigenvalue weighted by atomic mass is 10.0. The molecule has 0 bridgehead atoms. The minimum Gasteiger partial charge on any atom is -0.493 e. The van der Waals surface area contributed by atoms with Crippen LogP contribution >= 0.6 is 0 Å². The molecule has 18 heavy (non-hydrogen) atoms. The van der Waals surface area contributed by atoms with Gasteiger partial charge in [0, 0.05) is 6.42 Å². The highest BCUT2D eigenvalue weighted by molar-refractivity contribution is 6.00. The van der Waals surface area contributed by atoms with Crippen molar-refractivity contribution in [3.8, 4) is 5.75 Å². The normalized spacial score (nSPS) is 9.94. The van der Waals surface area contributed by atoms with E-state index in [4.69, 9.17) is 9.47 Å². The SMILES string of the molecule is CCOC(=O)c1ccc(C(=O)CC)c(OCC)c1. The average molecular weight is 250 g/mol. The number of hydrogen-bond acceptors (Lipinski definition) is 4. The Bertz CT molecular complexity index is 437. The van der Waals surface area contributed by atoms with E-state index in [1.807, 2.05) is 6.92 Å². The van der Waals surface area contributed by atoms with Gasteiger partial charge in [-0.2, -0.15) is 0 Å². The molecule has 0 heterocycles. The molecule has 0 aliphatic carbocycles. The summed E-state index contributed by atoms with van der Waals surface area (Å²) in [5.41, 5.74) is 0.903. The molecular weight excluding hydrogens is 232 g/mol. The molecule has 0 atom stereocenters. The maximum absolute atomic E-state index is 11.7. The Morgan fingerprint density at radius 3 is 2.39 bits per heavy atom. The van der Waals surface area contributed by atoms with Gasteiger partial charge < -0.3 is 9.47 Å². The summed E-state index contributed by atoms with van der Waals surface area (Å²) in [4.78, 5) is 23.3. The van der Waals surface area contributed by atoms with Gasteiger partial charge in [-0.15, -0.1) is 0 Å². The first-order chi connectivity index (χ1) is 8.63. The van der Waals surface area contributed by atoms with Crippen LogP contribution in [-0.4, -0.2) is 25.0 Å². The van der Waals surface area contributed by atoms with E-state index >= 15 is 0 Å². The number of carbonyl (C=O) groups is 2. The van der Waals surface area contributed by atoms with E-state index in [9.17, 15) is 9.59 Å². The third-order valence-corrected chi connectivity index (χ3v) is 2.41. The molecule has 1 aromatic carbocycles. The lowest BCUT2D eigenvalue weighted by Gasteiger charge is -2.10. The Morgan fingerprint density at radius 2 is 1.83 bits per heavy atom. The van der Waals surface area contributed by atoms with E-state index in [1.165, 1.54) is 0 Å². The zero-order valence-corrected chi connectivity index (χ0v) is 11.0. The van der Waals surface area contributed by atoms with Crippen molar-refractivity contribution in [2.45, 2.75) is 27.2 Å². The van der Waals surface area contributed by atoms with E-state index in [0.29, 0.717) is 36.5 Å². The van der Waals surface area contributed by atoms with Gasteiger partial charge in [-0.1, -0.05) is 6.92 Å². The van der Waals surface area contributed by atoms with Crippen LogP contribution in [0.4, 0.5) is 0 Å². The number of benzene rings is 1. The minimum atomic E-state index is -0.408. The molecule has 0 aliphatic heterocycles. The summed E-state index contributed by atoms with van der Waals surface area (Å²) < 4.78 is 10.3. The average Bonchev–Trinajstić information content (AvgIpc) is 2.38. The van der Waals surface area contributed by atoms with E-state index in [1.54, 1.807) is 32.0 Å². The fourth-order valence-corrected chi connectivity index (χ4v) is 1.56. The van der Waals surface area contributed by atoms with Gasteiger partial charge in [0.25, 0.3) is 0 Å². The first kappa shape index (κ1) is 14.2. The number of ketones is 1. The van der Waals surface area contributed by atoms with E-state index in [0.717, 1.165) is 0 Å². The molecular formula is C14H18O4. The number of esters is 1. The molecule has 0 unspecified atom stereocenters. The first-order valence-electron chi connectivity index (χ1n) is 6.11. The third kappa shape index (κ3) is 3.32. The second-order valence-corrected chi connectivity index (χ2v) is 3.64. The molecule has 0 fully saturated rings. The molecule has 98 valence electrons. The number of ether oxygens (including phenoxy) is 2. The Morgan fingerprint density at radius 1 is 1.11 bits per heavy atom. The van der Waals surface area contributed by atoms with Crippen LogP contribution in [0.25, 0.3) is 0 Å². The van der Waals surface area contributed by atoms with E-state index < -0.39 is 5.97 Å². The quantitative estimate of drug-likeness (QED) is 0.575. The summed E-state index contributed by atoms with van der Waals surface area (Å²) in [6.45, 7) is 6.12. The van der Waals surface area contributed by atoms with Crippen LogP contribution in [0.15, 0.2) is 18.2 Å². The van der Waals surface area contributed by atoms with Gasteiger partial charge in [0.05, 0.1) is 24.3 Å². The highest BCUT2D eigenvalue weighted by Crippen LogP contribution is 2.22. The number of rotatable bonds is 6. The molecule has 0 radical (unpaired) electrons. The molecule has 0 saturated heterocycles. The van der Waals surface area contributed by atoms with Gasteiger partial charge >= 0.3 is 5.97 Å². The van der Waals surface area contributed by atoms with Crippen LogP contribution in [0.1, 0.15) is 47.9 Å². The predicted molar refractivity (Wildman–Crippen MR) is 68.2 cm³/mol. The second kappa shape index (κ2) is 6.79. The smallest absolute Gasteiger partial charge is 0.338 e. The Labute approximate surface area is 107 Å². The van der Waals surface area contributed by atoms with Crippen molar-refractivity contribution in [1.29, 1.82) is 0 Å². The lowest BCUT2D eigenvalue weighted by molar-refractivity contribution is 0.0525. The van der Waals surface area contributed by atoms with Crippen LogP contribution < -0.4 is 4.74 Å². The maximum atomic E-state index is 11.7. The predicted octanol–water partition coefficient (Wildman–Crippen LogP) is 2.85. The summed E-state index contributed by atoms with van der Waals surface area (Å²) in [7, 11) is 0. The molecule has 4 nitrogen and oxygen atoms in total. The maximum Gasteiger partial charge on any atom is 0.338 e. The van der Waals surface area contributed by atoms with Crippen molar-refractivity contribution in [2.75, 3.05) is 13.2 Å². The van der Waals surface area contributed by atoms with Crippen molar-refractivity contribution >= 4 is 11.8 Å². The Balaban J connectivity index is 3.10. The lowest BCUT2D eigenvalue weighted by Crippen LogP contribution is -2.08. The van der Waals surface area contributed by atoms with Crippen molar-refractivity contribution < 1.29 is 19.1 Å². The van der Waals surface area contributed by atoms with Crippen molar-refractivity contribution in [3.63, 3.8) is 0 Å². The van der Waals surface area contributed by atoms with Gasteiger partial charge in [-0.3, -0.25) is 4.79 Å². The molecule has 0 spiro atoms. The minimum absolute atomic E-state index is 0.00569. The standard InChI is InChI=1S/C14H18O4/c1-4-12(15)11-8-7-10(14(16)18-6-3)9-13(11)17-5-2/h7-9H,4-6H2,1-3H3. The van der Waals surface area contributed by atoms with Crippen molar-refractivity contribution in [3.05, 3.63) is 29.3 Å². The molecule has 0 aliphatic rings. The van der Waals surface area contributed by atoms with E-state index in [2.05, 4.69) is 0 Å². The Kier molecular flexibility index (Phi) is 5.36. The number of carbonyl (C=O) groups excluding carboxylic acids is 2. The largest absolute Gasteiger partial charge is 0.493 e. The summed E-state index contributed by atoms with van der Waals surface area (Å²) in [6.07, 6.45) is 0.402. The summed E-state index contributed by atoms with van der Waals surface area (Å²) >= 11 is 0.